The first kappa shape index (κ1) is 14.2. The molecule has 0 bridgehead atoms. The number of sulfone groups is 1. The van der Waals surface area contributed by atoms with Gasteiger partial charge >= 0.3 is 0 Å². The fourth-order valence-corrected chi connectivity index (χ4v) is 4.42. The normalized spacial score (nSPS) is 11.4. The number of rotatable bonds is 5. The van der Waals surface area contributed by atoms with E-state index in [4.69, 9.17) is 0 Å². The number of benzene rings is 2. The lowest BCUT2D eigenvalue weighted by Gasteiger charge is -2.05. The van der Waals surface area contributed by atoms with Gasteiger partial charge in [0.1, 0.15) is 0 Å². The zero-order valence-corrected chi connectivity index (χ0v) is 12.4. The van der Waals surface area contributed by atoms with E-state index in [1.165, 1.54) is 5.56 Å². The molecule has 19 heavy (non-hydrogen) atoms. The zero-order valence-electron chi connectivity index (χ0n) is 10.7. The summed E-state index contributed by atoms with van der Waals surface area (Å²) in [5.41, 5.74) is 1.19. The molecule has 0 saturated carbocycles. The Morgan fingerprint density at radius 3 is 2.42 bits per heavy atom. The minimum Gasteiger partial charge on any atom is -0.224 e. The summed E-state index contributed by atoms with van der Waals surface area (Å²) >= 11 is 1.58. The molecule has 0 aromatic heterocycles. The van der Waals surface area contributed by atoms with Gasteiger partial charge in [0.05, 0.1) is 10.6 Å². The van der Waals surface area contributed by atoms with Crippen molar-refractivity contribution in [1.82, 2.24) is 0 Å². The minimum absolute atomic E-state index is 0.162. The van der Waals surface area contributed by atoms with Crippen molar-refractivity contribution >= 4 is 21.6 Å². The largest absolute Gasteiger partial charge is 0.224 e. The fourth-order valence-electron chi connectivity index (χ4n) is 1.72. The summed E-state index contributed by atoms with van der Waals surface area (Å²) in [6.07, 6.45) is 0. The topological polar surface area (TPSA) is 34.1 Å². The average molecular weight is 292 g/mol. The molecule has 0 unspecified atom stereocenters. The molecule has 0 spiro atoms. The van der Waals surface area contributed by atoms with Crippen molar-refractivity contribution < 1.29 is 8.42 Å². The van der Waals surface area contributed by atoms with Crippen LogP contribution < -0.4 is 0 Å². The van der Waals surface area contributed by atoms with E-state index in [9.17, 15) is 8.42 Å². The SMILES string of the molecule is Cc1cccc(SCCS(=O)(=O)c2ccccc2)c1. The van der Waals surface area contributed by atoms with Gasteiger partial charge in [-0.15, -0.1) is 11.8 Å². The van der Waals surface area contributed by atoms with Gasteiger partial charge in [-0.05, 0) is 31.2 Å². The maximum atomic E-state index is 12.1. The number of thioether (sulfide) groups is 1. The first-order valence-corrected chi connectivity index (χ1v) is 8.69. The predicted octanol–water partition coefficient (Wildman–Crippen LogP) is 3.56. The van der Waals surface area contributed by atoms with Gasteiger partial charge in [0.2, 0.25) is 0 Å². The van der Waals surface area contributed by atoms with Crippen LogP contribution >= 0.6 is 11.8 Å². The highest BCUT2D eigenvalue weighted by molar-refractivity contribution is 8.00. The van der Waals surface area contributed by atoms with Crippen molar-refractivity contribution in [2.45, 2.75) is 16.7 Å². The van der Waals surface area contributed by atoms with Gasteiger partial charge < -0.3 is 0 Å². The lowest BCUT2D eigenvalue weighted by Crippen LogP contribution is -2.08. The Bertz CT molecular complexity index is 634. The maximum absolute atomic E-state index is 12.1. The van der Waals surface area contributed by atoms with Crippen LogP contribution in [0.3, 0.4) is 0 Å². The molecule has 2 rings (SSSR count). The van der Waals surface area contributed by atoms with Crippen LogP contribution in [0.5, 0.6) is 0 Å². The van der Waals surface area contributed by atoms with Gasteiger partial charge in [-0.3, -0.25) is 0 Å². The summed E-state index contributed by atoms with van der Waals surface area (Å²) in [6, 6.07) is 16.7. The molecule has 100 valence electrons. The highest BCUT2D eigenvalue weighted by Crippen LogP contribution is 2.20. The maximum Gasteiger partial charge on any atom is 0.179 e. The Labute approximate surface area is 118 Å². The molecule has 0 aliphatic heterocycles. The first-order chi connectivity index (χ1) is 9.08. The van der Waals surface area contributed by atoms with Crippen molar-refractivity contribution in [3.05, 3.63) is 60.2 Å². The second-order valence-corrected chi connectivity index (χ2v) is 7.57. The number of hydrogen-bond acceptors (Lipinski definition) is 3. The molecule has 0 N–H and O–H groups in total. The van der Waals surface area contributed by atoms with Crippen molar-refractivity contribution in [2.24, 2.45) is 0 Å². The monoisotopic (exact) mass is 292 g/mol. The minimum atomic E-state index is -3.16. The second-order valence-electron chi connectivity index (χ2n) is 4.30. The third-order valence-corrected chi connectivity index (χ3v) is 5.70. The fraction of sp³-hybridized carbons (Fsp3) is 0.200. The average Bonchev–Trinajstić information content (AvgIpc) is 2.40. The number of hydrogen-bond donors (Lipinski definition) is 0. The predicted molar refractivity (Wildman–Crippen MR) is 80.4 cm³/mol. The Morgan fingerprint density at radius 2 is 1.74 bits per heavy atom. The standard InChI is InChI=1S/C15H16O2S2/c1-13-6-5-7-14(12-13)18-10-11-19(16,17)15-8-3-2-4-9-15/h2-9,12H,10-11H2,1H3. The molecule has 4 heteroatoms. The summed E-state index contributed by atoms with van der Waals surface area (Å²) in [7, 11) is -3.16. The highest BCUT2D eigenvalue weighted by atomic mass is 32.2. The van der Waals surface area contributed by atoms with E-state index in [0.29, 0.717) is 10.6 Å². The van der Waals surface area contributed by atoms with E-state index in [1.54, 1.807) is 36.0 Å². The summed E-state index contributed by atoms with van der Waals surface area (Å²) in [5.74, 6) is 0.732. The van der Waals surface area contributed by atoms with E-state index < -0.39 is 9.84 Å². The molecular formula is C15H16O2S2. The molecule has 0 amide bonds. The zero-order chi connectivity index (χ0) is 13.7. The van der Waals surface area contributed by atoms with Crippen LogP contribution in [0.15, 0.2) is 64.4 Å². The van der Waals surface area contributed by atoms with Gasteiger partial charge in [-0.25, -0.2) is 8.42 Å². The molecular weight excluding hydrogens is 276 g/mol. The summed E-state index contributed by atoms with van der Waals surface area (Å²) < 4.78 is 24.2. The van der Waals surface area contributed by atoms with Gasteiger partial charge in [-0.2, -0.15) is 0 Å². The smallest absolute Gasteiger partial charge is 0.179 e. The van der Waals surface area contributed by atoms with Crippen molar-refractivity contribution in [3.63, 3.8) is 0 Å². The van der Waals surface area contributed by atoms with Crippen LogP contribution in [0.1, 0.15) is 5.56 Å². The molecule has 2 aromatic carbocycles. The van der Waals surface area contributed by atoms with Crippen LogP contribution in [0.2, 0.25) is 0 Å². The number of aryl methyl sites for hydroxylation is 1. The van der Waals surface area contributed by atoms with Crippen molar-refractivity contribution in [2.75, 3.05) is 11.5 Å². The van der Waals surface area contributed by atoms with Crippen LogP contribution in [-0.2, 0) is 9.84 Å². The molecule has 0 atom stereocenters. The van der Waals surface area contributed by atoms with E-state index in [2.05, 4.69) is 6.07 Å². The molecule has 0 radical (unpaired) electrons. The third kappa shape index (κ3) is 4.11. The van der Waals surface area contributed by atoms with Gasteiger partial charge in [0.15, 0.2) is 9.84 Å². The van der Waals surface area contributed by atoms with Crippen molar-refractivity contribution in [3.8, 4) is 0 Å². The van der Waals surface area contributed by atoms with E-state index >= 15 is 0 Å². The second kappa shape index (κ2) is 6.26. The highest BCUT2D eigenvalue weighted by Gasteiger charge is 2.13. The lowest BCUT2D eigenvalue weighted by molar-refractivity contribution is 0.597. The molecule has 0 fully saturated rings. The molecule has 0 heterocycles. The summed E-state index contributed by atoms with van der Waals surface area (Å²) in [5, 5.41) is 0. The van der Waals surface area contributed by atoms with Gasteiger partial charge in [0.25, 0.3) is 0 Å². The molecule has 0 aliphatic carbocycles. The molecule has 0 aliphatic rings. The van der Waals surface area contributed by atoms with E-state index in [-0.39, 0.29) is 5.75 Å². The summed E-state index contributed by atoms with van der Waals surface area (Å²) in [4.78, 5) is 1.52. The van der Waals surface area contributed by atoms with Gasteiger partial charge in [-0.1, -0.05) is 35.9 Å². The lowest BCUT2D eigenvalue weighted by atomic mass is 10.2. The Balaban J connectivity index is 1.96. The Morgan fingerprint density at radius 1 is 1.00 bits per heavy atom. The Hall–Kier alpha value is -1.26. The quantitative estimate of drug-likeness (QED) is 0.790. The van der Waals surface area contributed by atoms with Crippen LogP contribution in [0.4, 0.5) is 0 Å². The Kier molecular flexibility index (Phi) is 4.66. The molecule has 2 nitrogen and oxygen atoms in total. The van der Waals surface area contributed by atoms with E-state index in [0.717, 1.165) is 4.90 Å². The van der Waals surface area contributed by atoms with Crippen LogP contribution in [0, 0.1) is 6.92 Å². The van der Waals surface area contributed by atoms with Gasteiger partial charge in [0, 0.05) is 10.6 Å². The third-order valence-electron chi connectivity index (χ3n) is 2.71. The van der Waals surface area contributed by atoms with Crippen molar-refractivity contribution in [1.29, 1.82) is 0 Å². The first-order valence-electron chi connectivity index (χ1n) is 6.05. The van der Waals surface area contributed by atoms with Crippen LogP contribution in [0.25, 0.3) is 0 Å². The van der Waals surface area contributed by atoms with E-state index in [1.807, 2.05) is 31.2 Å². The van der Waals surface area contributed by atoms with Crippen LogP contribution in [-0.4, -0.2) is 19.9 Å². The molecule has 2 aromatic rings. The summed E-state index contributed by atoms with van der Waals surface area (Å²) in [6.45, 7) is 2.03. The molecule has 0 saturated heterocycles.